The number of carbonyl (C=O) groups excluding carboxylic acids is 1. The lowest BCUT2D eigenvalue weighted by atomic mass is 9.97. The maximum Gasteiger partial charge on any atom is 0.247 e. The standard InChI is InChI=1S/C22H28ClN5O/c1-6-17(18-13-16(23)14-25-15(18)3)20-24-11-9-19(26-20)28-12-8-10-22(28,4)21(29)27(5)7-2/h6,9,11,13-14H,7-8,10,12H2,1-5H3/b17-6+. The highest BCUT2D eigenvalue weighted by Gasteiger charge is 2.45. The molecule has 3 heterocycles. The van der Waals surface area contributed by atoms with Gasteiger partial charge in [-0.2, -0.15) is 0 Å². The summed E-state index contributed by atoms with van der Waals surface area (Å²) in [7, 11) is 1.85. The summed E-state index contributed by atoms with van der Waals surface area (Å²) in [6.07, 6.45) is 7.12. The predicted octanol–water partition coefficient (Wildman–Crippen LogP) is 4.12. The van der Waals surface area contributed by atoms with Crippen LogP contribution in [0.4, 0.5) is 5.82 Å². The fraction of sp³-hybridized carbons (Fsp3) is 0.455. The first-order valence-electron chi connectivity index (χ1n) is 9.97. The van der Waals surface area contributed by atoms with Crippen LogP contribution in [0, 0.1) is 6.92 Å². The van der Waals surface area contributed by atoms with Crippen LogP contribution in [0.1, 0.15) is 50.7 Å². The molecular weight excluding hydrogens is 386 g/mol. The van der Waals surface area contributed by atoms with Gasteiger partial charge >= 0.3 is 0 Å². The average molecular weight is 414 g/mol. The molecule has 6 nitrogen and oxygen atoms in total. The average Bonchev–Trinajstić information content (AvgIpc) is 3.13. The lowest BCUT2D eigenvalue weighted by molar-refractivity contribution is -0.134. The van der Waals surface area contributed by atoms with Crippen LogP contribution < -0.4 is 4.90 Å². The highest BCUT2D eigenvalue weighted by Crippen LogP contribution is 2.35. The van der Waals surface area contributed by atoms with Crippen LogP contribution in [0.3, 0.4) is 0 Å². The van der Waals surface area contributed by atoms with E-state index in [0.717, 1.165) is 42.0 Å². The molecule has 0 N–H and O–H groups in total. The van der Waals surface area contributed by atoms with Crippen molar-refractivity contribution in [3.63, 3.8) is 0 Å². The van der Waals surface area contributed by atoms with Crippen LogP contribution >= 0.6 is 11.6 Å². The fourth-order valence-electron chi connectivity index (χ4n) is 3.92. The Morgan fingerprint density at radius 3 is 2.86 bits per heavy atom. The Morgan fingerprint density at radius 2 is 2.17 bits per heavy atom. The number of amides is 1. The van der Waals surface area contributed by atoms with E-state index in [1.54, 1.807) is 17.3 Å². The van der Waals surface area contributed by atoms with Gasteiger partial charge in [0.05, 0.1) is 5.02 Å². The first kappa shape index (κ1) is 21.2. The number of halogens is 1. The number of hydrogen-bond donors (Lipinski definition) is 0. The van der Waals surface area contributed by atoms with E-state index in [1.807, 2.05) is 53.0 Å². The third-order valence-corrected chi connectivity index (χ3v) is 5.92. The molecule has 1 aliphatic rings. The summed E-state index contributed by atoms with van der Waals surface area (Å²) in [4.78, 5) is 30.7. The Morgan fingerprint density at radius 1 is 1.41 bits per heavy atom. The summed E-state index contributed by atoms with van der Waals surface area (Å²) in [6.45, 7) is 9.36. The van der Waals surface area contributed by atoms with E-state index in [-0.39, 0.29) is 5.91 Å². The molecule has 1 aliphatic heterocycles. The number of anilines is 1. The number of hydrogen-bond acceptors (Lipinski definition) is 5. The van der Waals surface area contributed by atoms with Gasteiger partial charge in [0.2, 0.25) is 5.91 Å². The molecule has 1 atom stereocenters. The van der Waals surface area contributed by atoms with Gasteiger partial charge in [0, 0.05) is 49.4 Å². The molecule has 7 heteroatoms. The highest BCUT2D eigenvalue weighted by molar-refractivity contribution is 6.30. The molecule has 1 fully saturated rings. The zero-order valence-electron chi connectivity index (χ0n) is 17.7. The van der Waals surface area contributed by atoms with E-state index in [9.17, 15) is 4.79 Å². The van der Waals surface area contributed by atoms with Crippen LogP contribution in [0.15, 0.2) is 30.6 Å². The zero-order valence-corrected chi connectivity index (χ0v) is 18.5. The molecule has 2 aromatic heterocycles. The molecule has 1 amide bonds. The Balaban J connectivity index is 2.01. The molecule has 29 heavy (non-hydrogen) atoms. The molecular formula is C22H28ClN5O. The predicted molar refractivity (Wildman–Crippen MR) is 117 cm³/mol. The van der Waals surface area contributed by atoms with Crippen molar-refractivity contribution in [3.8, 4) is 0 Å². The normalized spacial score (nSPS) is 19.5. The summed E-state index contributed by atoms with van der Waals surface area (Å²) in [6, 6.07) is 3.76. The second-order valence-electron chi connectivity index (χ2n) is 7.58. The van der Waals surface area contributed by atoms with Gasteiger partial charge in [-0.25, -0.2) is 9.97 Å². The van der Waals surface area contributed by atoms with Crippen molar-refractivity contribution in [2.45, 2.75) is 46.1 Å². The topological polar surface area (TPSA) is 62.2 Å². The Labute approximate surface area is 177 Å². The Hall–Kier alpha value is -2.47. The zero-order chi connectivity index (χ0) is 21.2. The first-order valence-corrected chi connectivity index (χ1v) is 10.3. The number of aromatic nitrogens is 3. The van der Waals surface area contributed by atoms with E-state index >= 15 is 0 Å². The van der Waals surface area contributed by atoms with Crippen LogP contribution in [-0.2, 0) is 4.79 Å². The van der Waals surface area contributed by atoms with Crippen molar-refractivity contribution in [1.82, 2.24) is 19.9 Å². The molecule has 1 unspecified atom stereocenters. The van der Waals surface area contributed by atoms with Crippen molar-refractivity contribution in [3.05, 3.63) is 52.7 Å². The number of nitrogens with zero attached hydrogens (tertiary/aromatic N) is 5. The second-order valence-corrected chi connectivity index (χ2v) is 8.01. The molecule has 1 saturated heterocycles. The van der Waals surface area contributed by atoms with E-state index in [0.29, 0.717) is 17.4 Å². The summed E-state index contributed by atoms with van der Waals surface area (Å²) in [5.74, 6) is 1.49. The van der Waals surface area contributed by atoms with Gasteiger partial charge in [0.25, 0.3) is 0 Å². The van der Waals surface area contributed by atoms with Gasteiger partial charge in [-0.1, -0.05) is 17.7 Å². The van der Waals surface area contributed by atoms with E-state index in [2.05, 4.69) is 14.9 Å². The molecule has 0 bridgehead atoms. The molecule has 154 valence electrons. The lowest BCUT2D eigenvalue weighted by Crippen LogP contribution is -2.54. The number of aryl methyl sites for hydroxylation is 1. The SMILES string of the molecule is C/C=C(/c1nccc(N2CCCC2(C)C(=O)N(C)CC)n1)c1cc(Cl)cnc1C. The van der Waals surface area contributed by atoms with Gasteiger partial charge in [-0.05, 0) is 52.7 Å². The van der Waals surface area contributed by atoms with Gasteiger partial charge in [0.1, 0.15) is 11.4 Å². The minimum atomic E-state index is -0.597. The monoisotopic (exact) mass is 413 g/mol. The summed E-state index contributed by atoms with van der Waals surface area (Å²) >= 11 is 6.17. The van der Waals surface area contributed by atoms with Gasteiger partial charge in [-0.15, -0.1) is 0 Å². The van der Waals surface area contributed by atoms with Crippen LogP contribution in [-0.4, -0.2) is 51.4 Å². The van der Waals surface area contributed by atoms with Gasteiger partial charge in [0.15, 0.2) is 5.82 Å². The van der Waals surface area contributed by atoms with Crippen molar-refractivity contribution in [2.75, 3.05) is 25.0 Å². The molecule has 0 spiro atoms. The molecule has 0 aromatic carbocycles. The minimum absolute atomic E-state index is 0.124. The second kappa shape index (κ2) is 8.49. The highest BCUT2D eigenvalue weighted by atomic mass is 35.5. The number of allylic oxidation sites excluding steroid dienone is 1. The van der Waals surface area contributed by atoms with Crippen LogP contribution in [0.2, 0.25) is 5.02 Å². The van der Waals surface area contributed by atoms with E-state index < -0.39 is 5.54 Å². The molecule has 2 aromatic rings. The first-order chi connectivity index (χ1) is 13.8. The number of pyridine rings is 1. The van der Waals surface area contributed by atoms with E-state index in [1.165, 1.54) is 0 Å². The number of rotatable bonds is 5. The Bertz CT molecular complexity index is 945. The van der Waals surface area contributed by atoms with Crippen molar-refractivity contribution < 1.29 is 4.79 Å². The molecule has 0 radical (unpaired) electrons. The third kappa shape index (κ3) is 3.99. The summed E-state index contributed by atoms with van der Waals surface area (Å²) < 4.78 is 0. The summed E-state index contributed by atoms with van der Waals surface area (Å²) in [5, 5.41) is 0.571. The van der Waals surface area contributed by atoms with Gasteiger partial charge in [-0.3, -0.25) is 9.78 Å². The third-order valence-electron chi connectivity index (χ3n) is 5.71. The van der Waals surface area contributed by atoms with Crippen LogP contribution in [0.5, 0.6) is 0 Å². The molecule has 3 rings (SSSR count). The van der Waals surface area contributed by atoms with Crippen molar-refractivity contribution in [2.24, 2.45) is 0 Å². The maximum atomic E-state index is 13.1. The number of likely N-dealkylation sites (N-methyl/N-ethyl adjacent to an activating group) is 1. The summed E-state index contributed by atoms with van der Waals surface area (Å²) in [5.41, 5.74) is 2.04. The smallest absolute Gasteiger partial charge is 0.247 e. The Kier molecular flexibility index (Phi) is 6.22. The number of carbonyl (C=O) groups is 1. The minimum Gasteiger partial charge on any atom is -0.344 e. The fourth-order valence-corrected chi connectivity index (χ4v) is 4.08. The molecule has 0 aliphatic carbocycles. The largest absolute Gasteiger partial charge is 0.344 e. The van der Waals surface area contributed by atoms with E-state index in [4.69, 9.17) is 16.6 Å². The quantitative estimate of drug-likeness (QED) is 0.737. The maximum absolute atomic E-state index is 13.1. The van der Waals surface area contributed by atoms with Crippen molar-refractivity contribution >= 4 is 28.9 Å². The van der Waals surface area contributed by atoms with Gasteiger partial charge < -0.3 is 9.80 Å². The lowest BCUT2D eigenvalue weighted by Gasteiger charge is -2.37. The molecule has 0 saturated carbocycles. The van der Waals surface area contributed by atoms with Crippen molar-refractivity contribution in [1.29, 1.82) is 0 Å². The van der Waals surface area contributed by atoms with Crippen LogP contribution in [0.25, 0.3) is 5.57 Å².